The van der Waals surface area contributed by atoms with Crippen molar-refractivity contribution in [1.29, 1.82) is 0 Å². The van der Waals surface area contributed by atoms with Gasteiger partial charge in [0.25, 0.3) is 0 Å². The Morgan fingerprint density at radius 1 is 1.27 bits per heavy atom. The van der Waals surface area contributed by atoms with Gasteiger partial charge in [-0.25, -0.2) is 0 Å². The van der Waals surface area contributed by atoms with Gasteiger partial charge in [0.2, 0.25) is 11.8 Å². The van der Waals surface area contributed by atoms with E-state index >= 15 is 0 Å². The number of hydrogen-bond acceptors (Lipinski definition) is 5. The van der Waals surface area contributed by atoms with Crippen LogP contribution < -0.4 is 5.32 Å². The summed E-state index contributed by atoms with van der Waals surface area (Å²) in [5.74, 6) is 0.852. The largest absolute Gasteiger partial charge is 0.508 e. The Labute approximate surface area is 129 Å². The van der Waals surface area contributed by atoms with Gasteiger partial charge in [0.05, 0.1) is 11.0 Å². The molecule has 0 fully saturated rings. The first-order valence-electron chi connectivity index (χ1n) is 7.06. The number of phenols is 1. The lowest BCUT2D eigenvalue weighted by atomic mass is 9.84. The van der Waals surface area contributed by atoms with Crippen molar-refractivity contribution < 1.29 is 14.4 Å². The molecule has 1 aromatic heterocycles. The number of carbonyl (C=O) groups is 1. The lowest BCUT2D eigenvalue weighted by molar-refractivity contribution is -0.120. The lowest BCUT2D eigenvalue weighted by Crippen LogP contribution is -2.40. The van der Waals surface area contributed by atoms with Crippen molar-refractivity contribution in [3.63, 3.8) is 0 Å². The first-order valence-corrected chi connectivity index (χ1v) is 7.06. The molecule has 0 radical (unpaired) electrons. The number of carbonyl (C=O) groups excluding carboxylic acids is 1. The van der Waals surface area contributed by atoms with Gasteiger partial charge in [-0.05, 0) is 45.4 Å². The van der Waals surface area contributed by atoms with Crippen LogP contribution >= 0.6 is 0 Å². The molecule has 2 aromatic rings. The first-order chi connectivity index (χ1) is 10.1. The summed E-state index contributed by atoms with van der Waals surface area (Å²) in [4.78, 5) is 15.7. The Morgan fingerprint density at radius 3 is 2.55 bits per heavy atom. The molecule has 0 aliphatic heterocycles. The van der Waals surface area contributed by atoms with Crippen molar-refractivity contribution in [2.24, 2.45) is 0 Å². The maximum atomic E-state index is 11.3. The number of aromatic hydroxyl groups is 1. The molecule has 118 valence electrons. The van der Waals surface area contributed by atoms with Crippen LogP contribution in [0.4, 0.5) is 0 Å². The molecule has 22 heavy (non-hydrogen) atoms. The smallest absolute Gasteiger partial charge is 0.236 e. The van der Waals surface area contributed by atoms with Crippen LogP contribution in [0.25, 0.3) is 0 Å². The predicted octanol–water partition coefficient (Wildman–Crippen LogP) is 2.47. The monoisotopic (exact) mass is 303 g/mol. The zero-order valence-corrected chi connectivity index (χ0v) is 13.5. The molecule has 0 saturated heterocycles. The number of benzene rings is 1. The molecule has 0 spiro atoms. The number of nitrogens with zero attached hydrogens (tertiary/aromatic N) is 2. The average Bonchev–Trinajstić information content (AvgIpc) is 2.88. The van der Waals surface area contributed by atoms with E-state index in [4.69, 9.17) is 4.52 Å². The van der Waals surface area contributed by atoms with Gasteiger partial charge >= 0.3 is 0 Å². The van der Waals surface area contributed by atoms with E-state index in [1.165, 1.54) is 6.92 Å². The Balaban J connectivity index is 2.36. The topological polar surface area (TPSA) is 88.2 Å². The van der Waals surface area contributed by atoms with Crippen LogP contribution in [0.5, 0.6) is 5.75 Å². The van der Waals surface area contributed by atoms with Gasteiger partial charge in [-0.2, -0.15) is 4.98 Å². The third-order valence-electron chi connectivity index (χ3n) is 3.58. The van der Waals surface area contributed by atoms with Crippen LogP contribution in [0, 0.1) is 0 Å². The van der Waals surface area contributed by atoms with Crippen molar-refractivity contribution in [3.05, 3.63) is 41.5 Å². The number of hydrogen-bond donors (Lipinski definition) is 2. The minimum absolute atomic E-state index is 0.163. The molecule has 6 nitrogen and oxygen atoms in total. The van der Waals surface area contributed by atoms with E-state index in [1.807, 2.05) is 33.8 Å². The van der Waals surface area contributed by atoms with Crippen molar-refractivity contribution in [1.82, 2.24) is 15.5 Å². The number of amides is 1. The molecule has 0 unspecified atom stereocenters. The maximum absolute atomic E-state index is 11.3. The molecule has 0 saturated carbocycles. The normalized spacial score (nSPS) is 12.2. The van der Waals surface area contributed by atoms with Gasteiger partial charge in [0.1, 0.15) is 5.75 Å². The average molecular weight is 303 g/mol. The standard InChI is InChI=1S/C16H21N3O3/c1-10(20)18-16(4,5)13-17-14(22-19-13)15(2,3)11-7-6-8-12(21)9-11/h6-9,21H,1-5H3,(H,18,20). The number of rotatable bonds is 4. The molecule has 0 aliphatic carbocycles. The Bertz CT molecular complexity index is 689. The van der Waals surface area contributed by atoms with Gasteiger partial charge in [0, 0.05) is 6.92 Å². The summed E-state index contributed by atoms with van der Waals surface area (Å²) in [6, 6.07) is 6.94. The fourth-order valence-corrected chi connectivity index (χ4v) is 2.25. The predicted molar refractivity (Wildman–Crippen MR) is 81.4 cm³/mol. The van der Waals surface area contributed by atoms with E-state index in [-0.39, 0.29) is 11.7 Å². The molecule has 0 atom stereocenters. The zero-order valence-electron chi connectivity index (χ0n) is 13.5. The van der Waals surface area contributed by atoms with Crippen molar-refractivity contribution >= 4 is 5.91 Å². The van der Waals surface area contributed by atoms with E-state index in [0.717, 1.165) is 5.56 Å². The van der Waals surface area contributed by atoms with Crippen LogP contribution in [-0.4, -0.2) is 21.2 Å². The summed E-state index contributed by atoms with van der Waals surface area (Å²) in [7, 11) is 0. The minimum atomic E-state index is -0.720. The number of aromatic nitrogens is 2. The van der Waals surface area contributed by atoms with E-state index in [0.29, 0.717) is 11.7 Å². The quantitative estimate of drug-likeness (QED) is 0.906. The Morgan fingerprint density at radius 2 is 1.95 bits per heavy atom. The second-order valence-electron chi connectivity index (χ2n) is 6.40. The zero-order chi connectivity index (χ0) is 16.5. The summed E-state index contributed by atoms with van der Waals surface area (Å²) < 4.78 is 5.40. The molecule has 6 heteroatoms. The van der Waals surface area contributed by atoms with Gasteiger partial charge in [-0.1, -0.05) is 17.3 Å². The molecule has 2 rings (SSSR count). The van der Waals surface area contributed by atoms with Gasteiger partial charge in [-0.3, -0.25) is 4.79 Å². The number of phenolic OH excluding ortho intramolecular Hbond substituents is 1. The number of nitrogens with one attached hydrogen (secondary N) is 1. The highest BCUT2D eigenvalue weighted by atomic mass is 16.5. The second kappa shape index (κ2) is 5.44. The molecule has 1 heterocycles. The molecular weight excluding hydrogens is 282 g/mol. The first kappa shape index (κ1) is 16.0. The summed E-state index contributed by atoms with van der Waals surface area (Å²) >= 11 is 0. The Kier molecular flexibility index (Phi) is 3.96. The maximum Gasteiger partial charge on any atom is 0.236 e. The van der Waals surface area contributed by atoms with Gasteiger partial charge in [0.15, 0.2) is 5.82 Å². The van der Waals surface area contributed by atoms with Crippen LogP contribution in [0.2, 0.25) is 0 Å². The fraction of sp³-hybridized carbons (Fsp3) is 0.438. The second-order valence-corrected chi connectivity index (χ2v) is 6.40. The third kappa shape index (κ3) is 3.10. The molecule has 0 bridgehead atoms. The highest BCUT2D eigenvalue weighted by Crippen LogP contribution is 2.32. The highest BCUT2D eigenvalue weighted by molar-refractivity contribution is 5.73. The van der Waals surface area contributed by atoms with E-state index < -0.39 is 11.0 Å². The van der Waals surface area contributed by atoms with Crippen LogP contribution in [-0.2, 0) is 15.7 Å². The van der Waals surface area contributed by atoms with Crippen molar-refractivity contribution in [2.45, 2.75) is 45.6 Å². The molecule has 0 aliphatic rings. The van der Waals surface area contributed by atoms with Crippen LogP contribution in [0.15, 0.2) is 28.8 Å². The van der Waals surface area contributed by atoms with Gasteiger partial charge < -0.3 is 14.9 Å². The third-order valence-corrected chi connectivity index (χ3v) is 3.58. The summed E-state index contributed by atoms with van der Waals surface area (Å²) in [6.45, 7) is 8.93. The summed E-state index contributed by atoms with van der Waals surface area (Å²) in [5, 5.41) is 16.4. The Hall–Kier alpha value is -2.37. The fourth-order valence-electron chi connectivity index (χ4n) is 2.25. The molecular formula is C16H21N3O3. The van der Waals surface area contributed by atoms with Gasteiger partial charge in [-0.15, -0.1) is 0 Å². The molecule has 2 N–H and O–H groups in total. The van der Waals surface area contributed by atoms with E-state index in [2.05, 4.69) is 15.5 Å². The molecule has 1 aromatic carbocycles. The SMILES string of the molecule is CC(=O)NC(C)(C)c1noc(C(C)(C)c2cccc(O)c2)n1. The van der Waals surface area contributed by atoms with Crippen LogP contribution in [0.3, 0.4) is 0 Å². The summed E-state index contributed by atoms with van der Waals surface area (Å²) in [5.41, 5.74) is -0.418. The molecule has 1 amide bonds. The van der Waals surface area contributed by atoms with E-state index in [9.17, 15) is 9.90 Å². The minimum Gasteiger partial charge on any atom is -0.508 e. The van der Waals surface area contributed by atoms with Crippen molar-refractivity contribution in [2.75, 3.05) is 0 Å². The van der Waals surface area contributed by atoms with Crippen molar-refractivity contribution in [3.8, 4) is 5.75 Å². The summed E-state index contributed by atoms with van der Waals surface area (Å²) in [6.07, 6.45) is 0. The van der Waals surface area contributed by atoms with E-state index in [1.54, 1.807) is 18.2 Å². The van der Waals surface area contributed by atoms with Crippen LogP contribution in [0.1, 0.15) is 51.9 Å². The lowest BCUT2D eigenvalue weighted by Gasteiger charge is -2.22. The highest BCUT2D eigenvalue weighted by Gasteiger charge is 2.34.